The molecule has 10 heteroatoms. The molecule has 0 aliphatic carbocycles. The fourth-order valence-corrected chi connectivity index (χ4v) is 4.22. The van der Waals surface area contributed by atoms with Crippen LogP contribution in [0.2, 0.25) is 0 Å². The van der Waals surface area contributed by atoms with Gasteiger partial charge in [0.2, 0.25) is 0 Å². The largest absolute Gasteiger partial charge is 0.389 e. The van der Waals surface area contributed by atoms with E-state index in [0.29, 0.717) is 28.7 Å². The molecule has 3 heterocycles. The van der Waals surface area contributed by atoms with Gasteiger partial charge in [0.05, 0.1) is 22.0 Å². The number of hydrogen-bond acceptors (Lipinski definition) is 8. The van der Waals surface area contributed by atoms with E-state index in [1.165, 1.54) is 11.3 Å². The number of benzene rings is 1. The first kappa shape index (κ1) is 22.7. The lowest BCUT2D eigenvalue weighted by Gasteiger charge is -2.09. The SMILES string of the molecule is CCNC(=O)Nc1nc2cc(-c3cnc(C(C)O)nc3)cc(-c3ccc(C(C)O)cn3)c2s1. The van der Waals surface area contributed by atoms with E-state index in [0.717, 1.165) is 27.0 Å². The number of nitrogens with one attached hydrogen (secondary N) is 2. The number of aromatic nitrogens is 4. The summed E-state index contributed by atoms with van der Waals surface area (Å²) >= 11 is 1.36. The van der Waals surface area contributed by atoms with Crippen LogP contribution in [0.25, 0.3) is 32.6 Å². The summed E-state index contributed by atoms with van der Waals surface area (Å²) in [5.41, 5.74) is 4.54. The first-order valence-corrected chi connectivity index (χ1v) is 11.3. The topological polar surface area (TPSA) is 133 Å². The molecule has 0 spiro atoms. The Hall–Kier alpha value is -3.47. The van der Waals surface area contributed by atoms with E-state index < -0.39 is 12.2 Å². The molecular weight excluding hydrogens is 440 g/mol. The van der Waals surface area contributed by atoms with Crippen LogP contribution in [0.4, 0.5) is 9.93 Å². The van der Waals surface area contributed by atoms with Gasteiger partial charge in [-0.3, -0.25) is 10.3 Å². The van der Waals surface area contributed by atoms with Gasteiger partial charge in [-0.25, -0.2) is 19.7 Å². The second kappa shape index (κ2) is 9.57. The molecule has 33 heavy (non-hydrogen) atoms. The van der Waals surface area contributed by atoms with Crippen LogP contribution in [-0.4, -0.2) is 42.7 Å². The van der Waals surface area contributed by atoms with Gasteiger partial charge < -0.3 is 15.5 Å². The molecule has 0 fully saturated rings. The number of aliphatic hydroxyl groups excluding tert-OH is 2. The van der Waals surface area contributed by atoms with Gasteiger partial charge in [0.25, 0.3) is 0 Å². The number of rotatable bonds is 6. The second-order valence-corrected chi connectivity index (χ2v) is 8.53. The summed E-state index contributed by atoms with van der Waals surface area (Å²) < 4.78 is 0.865. The van der Waals surface area contributed by atoms with Crippen LogP contribution in [0.1, 0.15) is 44.4 Å². The summed E-state index contributed by atoms with van der Waals surface area (Å²) in [5, 5.41) is 25.4. The number of pyridine rings is 1. The summed E-state index contributed by atoms with van der Waals surface area (Å²) in [5.74, 6) is 0.345. The highest BCUT2D eigenvalue weighted by Gasteiger charge is 2.16. The molecule has 2 atom stereocenters. The highest BCUT2D eigenvalue weighted by Crippen LogP contribution is 2.38. The second-order valence-electron chi connectivity index (χ2n) is 7.53. The molecule has 0 bridgehead atoms. The zero-order valence-electron chi connectivity index (χ0n) is 18.4. The summed E-state index contributed by atoms with van der Waals surface area (Å²) in [6.07, 6.45) is 3.59. The highest BCUT2D eigenvalue weighted by atomic mass is 32.1. The van der Waals surface area contributed by atoms with Crippen LogP contribution in [0.15, 0.2) is 42.9 Å². The Balaban J connectivity index is 1.83. The quantitative estimate of drug-likeness (QED) is 0.338. The number of amides is 2. The van der Waals surface area contributed by atoms with Crippen LogP contribution in [0.3, 0.4) is 0 Å². The van der Waals surface area contributed by atoms with Crippen LogP contribution in [-0.2, 0) is 0 Å². The predicted molar refractivity (Wildman–Crippen MR) is 128 cm³/mol. The number of aliphatic hydroxyl groups is 2. The molecule has 2 unspecified atom stereocenters. The number of urea groups is 1. The van der Waals surface area contributed by atoms with Crippen molar-refractivity contribution in [3.63, 3.8) is 0 Å². The van der Waals surface area contributed by atoms with Gasteiger partial charge in [-0.1, -0.05) is 17.4 Å². The van der Waals surface area contributed by atoms with E-state index >= 15 is 0 Å². The van der Waals surface area contributed by atoms with Crippen molar-refractivity contribution in [1.82, 2.24) is 25.3 Å². The number of carbonyl (C=O) groups excluding carboxylic acids is 1. The Bertz CT molecular complexity index is 1270. The third-order valence-corrected chi connectivity index (χ3v) is 5.99. The van der Waals surface area contributed by atoms with Crippen molar-refractivity contribution in [2.75, 3.05) is 11.9 Å². The lowest BCUT2D eigenvalue weighted by molar-refractivity contribution is 0.189. The van der Waals surface area contributed by atoms with Crippen LogP contribution >= 0.6 is 11.3 Å². The summed E-state index contributed by atoms with van der Waals surface area (Å²) in [7, 11) is 0. The summed E-state index contributed by atoms with van der Waals surface area (Å²) in [6, 6.07) is 7.25. The molecule has 0 saturated heterocycles. The van der Waals surface area contributed by atoms with Crippen molar-refractivity contribution in [2.45, 2.75) is 33.0 Å². The Morgan fingerprint density at radius 3 is 2.39 bits per heavy atom. The van der Waals surface area contributed by atoms with Crippen LogP contribution < -0.4 is 10.6 Å². The van der Waals surface area contributed by atoms with E-state index in [1.807, 2.05) is 31.2 Å². The minimum absolute atomic E-state index is 0.320. The third-order valence-electron chi connectivity index (χ3n) is 4.97. The Morgan fingerprint density at radius 1 is 1.03 bits per heavy atom. The normalized spacial score (nSPS) is 13.0. The van der Waals surface area contributed by atoms with E-state index in [9.17, 15) is 15.0 Å². The zero-order valence-corrected chi connectivity index (χ0v) is 19.2. The number of thiazole rings is 1. The fourth-order valence-electron chi connectivity index (χ4n) is 3.26. The number of anilines is 1. The van der Waals surface area contributed by atoms with Crippen LogP contribution in [0.5, 0.6) is 0 Å². The molecule has 4 rings (SSSR count). The molecule has 0 aliphatic heterocycles. The van der Waals surface area contributed by atoms with E-state index in [1.54, 1.807) is 32.4 Å². The smallest absolute Gasteiger partial charge is 0.321 e. The third kappa shape index (κ3) is 4.98. The molecule has 4 N–H and O–H groups in total. The van der Waals surface area contributed by atoms with E-state index in [-0.39, 0.29) is 6.03 Å². The number of nitrogens with zero attached hydrogens (tertiary/aromatic N) is 4. The molecule has 0 saturated carbocycles. The van der Waals surface area contributed by atoms with E-state index in [4.69, 9.17) is 0 Å². The molecule has 170 valence electrons. The zero-order chi connectivity index (χ0) is 23.5. The lowest BCUT2D eigenvalue weighted by atomic mass is 10.0. The average Bonchev–Trinajstić information content (AvgIpc) is 3.20. The van der Waals surface area contributed by atoms with Crippen LogP contribution in [0, 0.1) is 0 Å². The van der Waals surface area contributed by atoms with Gasteiger partial charge in [0, 0.05) is 36.3 Å². The van der Waals surface area contributed by atoms with Crippen molar-refractivity contribution in [3.05, 3.63) is 54.2 Å². The maximum atomic E-state index is 12.0. The average molecular weight is 465 g/mol. The lowest BCUT2D eigenvalue weighted by Crippen LogP contribution is -2.28. The number of carbonyl (C=O) groups is 1. The molecule has 0 radical (unpaired) electrons. The van der Waals surface area contributed by atoms with Crippen molar-refractivity contribution >= 4 is 32.7 Å². The van der Waals surface area contributed by atoms with Gasteiger partial charge >= 0.3 is 6.03 Å². The minimum Gasteiger partial charge on any atom is -0.389 e. The van der Waals surface area contributed by atoms with E-state index in [2.05, 4.69) is 30.6 Å². The van der Waals surface area contributed by atoms with Gasteiger partial charge in [-0.15, -0.1) is 0 Å². The van der Waals surface area contributed by atoms with Crippen molar-refractivity contribution in [2.24, 2.45) is 0 Å². The molecule has 1 aromatic carbocycles. The molecule has 4 aromatic rings. The molecule has 2 amide bonds. The van der Waals surface area contributed by atoms with Gasteiger partial charge in [0.1, 0.15) is 6.10 Å². The first-order chi connectivity index (χ1) is 15.9. The molecule has 0 aliphatic rings. The summed E-state index contributed by atoms with van der Waals surface area (Å²) in [4.78, 5) is 29.6. The molecule has 9 nitrogen and oxygen atoms in total. The Labute approximate surface area is 194 Å². The maximum Gasteiger partial charge on any atom is 0.321 e. The standard InChI is InChI=1S/C23H24N6O3S/c1-4-24-22(32)29-23-28-19-8-15(16-10-26-21(13(3)31)27-11-16)7-17(20(19)33-23)18-6-5-14(9-25-18)12(2)30/h5-13,30-31H,4H2,1-3H3,(H2,24,28,29,32). The molecular formula is C23H24N6O3S. The Kier molecular flexibility index (Phi) is 6.59. The maximum absolute atomic E-state index is 12.0. The minimum atomic E-state index is -0.754. The van der Waals surface area contributed by atoms with Crippen molar-refractivity contribution in [3.8, 4) is 22.4 Å². The summed E-state index contributed by atoms with van der Waals surface area (Å²) in [6.45, 7) is 5.65. The predicted octanol–water partition coefficient (Wildman–Crippen LogP) is 4.06. The fraction of sp³-hybridized carbons (Fsp3) is 0.261. The monoisotopic (exact) mass is 464 g/mol. The Morgan fingerprint density at radius 2 is 1.79 bits per heavy atom. The van der Waals surface area contributed by atoms with Crippen molar-refractivity contribution < 1.29 is 15.0 Å². The highest BCUT2D eigenvalue weighted by molar-refractivity contribution is 7.22. The van der Waals surface area contributed by atoms with Crippen molar-refractivity contribution in [1.29, 1.82) is 0 Å². The number of fused-ring (bicyclic) bond motifs is 1. The first-order valence-electron chi connectivity index (χ1n) is 10.5. The molecule has 3 aromatic heterocycles. The number of hydrogen-bond donors (Lipinski definition) is 4. The van der Waals surface area contributed by atoms with Gasteiger partial charge in [0.15, 0.2) is 11.0 Å². The van der Waals surface area contributed by atoms with Gasteiger partial charge in [-0.2, -0.15) is 0 Å². The van der Waals surface area contributed by atoms with Gasteiger partial charge in [-0.05, 0) is 50.1 Å².